The summed E-state index contributed by atoms with van der Waals surface area (Å²) in [4.78, 5) is 2.72. The molecule has 0 aromatic carbocycles. The van der Waals surface area contributed by atoms with Gasteiger partial charge in [0, 0.05) is 18.1 Å². The lowest BCUT2D eigenvalue weighted by atomic mass is 9.94. The van der Waals surface area contributed by atoms with E-state index in [1.165, 1.54) is 64.5 Å². The molecule has 0 radical (unpaired) electrons. The van der Waals surface area contributed by atoms with Crippen molar-refractivity contribution in [3.05, 3.63) is 0 Å². The fourth-order valence-electron chi connectivity index (χ4n) is 4.34. The molecule has 98 valence electrons. The van der Waals surface area contributed by atoms with Crippen LogP contribution in [0.15, 0.2) is 0 Å². The van der Waals surface area contributed by atoms with E-state index in [0.29, 0.717) is 0 Å². The maximum atomic E-state index is 3.95. The van der Waals surface area contributed by atoms with Gasteiger partial charge in [0.15, 0.2) is 0 Å². The van der Waals surface area contributed by atoms with Gasteiger partial charge >= 0.3 is 0 Å². The van der Waals surface area contributed by atoms with E-state index in [-0.39, 0.29) is 0 Å². The highest BCUT2D eigenvalue weighted by Crippen LogP contribution is 2.30. The molecule has 2 saturated heterocycles. The number of nitrogens with zero attached hydrogens (tertiary/aromatic N) is 1. The van der Waals surface area contributed by atoms with Gasteiger partial charge in [-0.25, -0.2) is 0 Å². The molecule has 0 aromatic rings. The summed E-state index contributed by atoms with van der Waals surface area (Å²) in [6.07, 6.45) is 11.6. The van der Waals surface area contributed by atoms with Crippen molar-refractivity contribution in [3.63, 3.8) is 0 Å². The van der Waals surface area contributed by atoms with Crippen molar-refractivity contribution in [2.45, 2.75) is 76.4 Å². The second-order valence-corrected chi connectivity index (χ2v) is 6.55. The fraction of sp³-hybridized carbons (Fsp3) is 1.00. The molecule has 0 aromatic heterocycles. The fourth-order valence-corrected chi connectivity index (χ4v) is 4.34. The van der Waals surface area contributed by atoms with Crippen molar-refractivity contribution in [1.82, 2.24) is 10.2 Å². The summed E-state index contributed by atoms with van der Waals surface area (Å²) in [6, 6.07) is 2.48. The van der Waals surface area contributed by atoms with E-state index in [9.17, 15) is 0 Å². The van der Waals surface area contributed by atoms with Crippen LogP contribution in [0.1, 0.15) is 58.3 Å². The first kappa shape index (κ1) is 12.0. The molecule has 2 aliphatic heterocycles. The van der Waals surface area contributed by atoms with Crippen molar-refractivity contribution in [2.75, 3.05) is 13.1 Å². The summed E-state index contributed by atoms with van der Waals surface area (Å²) in [5.41, 5.74) is 0. The van der Waals surface area contributed by atoms with Crippen LogP contribution in [0.3, 0.4) is 0 Å². The first-order valence-corrected chi connectivity index (χ1v) is 7.83. The van der Waals surface area contributed by atoms with Gasteiger partial charge < -0.3 is 10.2 Å². The predicted octanol–water partition coefficient (Wildman–Crippen LogP) is 2.78. The zero-order chi connectivity index (χ0) is 11.7. The number of hydrogen-bond donors (Lipinski definition) is 1. The highest BCUT2D eigenvalue weighted by atomic mass is 15.2. The Hall–Kier alpha value is -0.0800. The monoisotopic (exact) mass is 236 g/mol. The molecule has 1 saturated carbocycles. The third-order valence-corrected chi connectivity index (χ3v) is 5.43. The molecule has 2 unspecified atom stereocenters. The van der Waals surface area contributed by atoms with E-state index in [1.54, 1.807) is 0 Å². The summed E-state index contributed by atoms with van der Waals surface area (Å²) in [5, 5.41) is 3.95. The van der Waals surface area contributed by atoms with Gasteiger partial charge in [-0.1, -0.05) is 12.8 Å². The lowest BCUT2D eigenvalue weighted by molar-refractivity contribution is 0.155. The number of hydrogen-bond acceptors (Lipinski definition) is 2. The molecule has 3 aliphatic rings. The molecule has 2 heterocycles. The van der Waals surface area contributed by atoms with E-state index < -0.39 is 0 Å². The second-order valence-electron chi connectivity index (χ2n) is 6.55. The second kappa shape index (κ2) is 5.27. The molecule has 3 fully saturated rings. The molecular formula is C15H28N2. The molecule has 0 amide bonds. The van der Waals surface area contributed by atoms with Crippen LogP contribution >= 0.6 is 0 Å². The first-order chi connectivity index (χ1) is 8.33. The number of rotatable bonds is 3. The number of nitrogens with one attached hydrogen (secondary N) is 1. The Kier molecular flexibility index (Phi) is 3.72. The minimum absolute atomic E-state index is 0.760. The van der Waals surface area contributed by atoms with Crippen LogP contribution in [0.5, 0.6) is 0 Å². The van der Waals surface area contributed by atoms with Crippen LogP contribution in [-0.2, 0) is 0 Å². The summed E-state index contributed by atoms with van der Waals surface area (Å²) in [6.45, 7) is 5.15. The molecule has 3 atom stereocenters. The smallest absolute Gasteiger partial charge is 0.0111 e. The zero-order valence-electron chi connectivity index (χ0n) is 11.3. The van der Waals surface area contributed by atoms with Crippen molar-refractivity contribution in [2.24, 2.45) is 5.92 Å². The van der Waals surface area contributed by atoms with E-state index in [4.69, 9.17) is 0 Å². The van der Waals surface area contributed by atoms with Crippen LogP contribution in [0, 0.1) is 5.92 Å². The molecular weight excluding hydrogens is 208 g/mol. The van der Waals surface area contributed by atoms with Gasteiger partial charge in [0.05, 0.1) is 0 Å². The SMILES string of the molecule is C[C@@H](NC1CCN2CCCC2C1)C1CCCC1. The predicted molar refractivity (Wildman–Crippen MR) is 72.2 cm³/mol. The van der Waals surface area contributed by atoms with Crippen LogP contribution in [0.25, 0.3) is 0 Å². The van der Waals surface area contributed by atoms with Gasteiger partial charge in [0.25, 0.3) is 0 Å². The zero-order valence-corrected chi connectivity index (χ0v) is 11.3. The van der Waals surface area contributed by atoms with Gasteiger partial charge in [-0.05, 0) is 64.5 Å². The van der Waals surface area contributed by atoms with E-state index in [0.717, 1.165) is 24.0 Å². The van der Waals surface area contributed by atoms with Crippen molar-refractivity contribution in [1.29, 1.82) is 0 Å². The van der Waals surface area contributed by atoms with Gasteiger partial charge in [0.2, 0.25) is 0 Å². The van der Waals surface area contributed by atoms with Gasteiger partial charge in [-0.2, -0.15) is 0 Å². The Morgan fingerprint density at radius 1 is 1.00 bits per heavy atom. The lowest BCUT2D eigenvalue weighted by Crippen LogP contribution is -2.49. The minimum Gasteiger partial charge on any atom is -0.311 e. The number of fused-ring (bicyclic) bond motifs is 1. The third kappa shape index (κ3) is 2.68. The van der Waals surface area contributed by atoms with Crippen LogP contribution in [-0.4, -0.2) is 36.1 Å². The largest absolute Gasteiger partial charge is 0.311 e. The highest BCUT2D eigenvalue weighted by Gasteiger charge is 2.33. The van der Waals surface area contributed by atoms with E-state index in [1.807, 2.05) is 0 Å². The summed E-state index contributed by atoms with van der Waals surface area (Å²) < 4.78 is 0. The molecule has 1 aliphatic carbocycles. The molecule has 0 spiro atoms. The summed E-state index contributed by atoms with van der Waals surface area (Å²) >= 11 is 0. The Bertz CT molecular complexity index is 247. The maximum Gasteiger partial charge on any atom is 0.0111 e. The van der Waals surface area contributed by atoms with Crippen LogP contribution in [0.4, 0.5) is 0 Å². The maximum absolute atomic E-state index is 3.95. The topological polar surface area (TPSA) is 15.3 Å². The van der Waals surface area contributed by atoms with Crippen molar-refractivity contribution in [3.8, 4) is 0 Å². The van der Waals surface area contributed by atoms with Gasteiger partial charge in [-0.3, -0.25) is 0 Å². The minimum atomic E-state index is 0.760. The van der Waals surface area contributed by atoms with Gasteiger partial charge in [0.1, 0.15) is 0 Å². The lowest BCUT2D eigenvalue weighted by Gasteiger charge is -2.37. The first-order valence-electron chi connectivity index (χ1n) is 7.83. The van der Waals surface area contributed by atoms with E-state index in [2.05, 4.69) is 17.1 Å². The summed E-state index contributed by atoms with van der Waals surface area (Å²) in [5.74, 6) is 0.969. The quantitative estimate of drug-likeness (QED) is 0.810. The highest BCUT2D eigenvalue weighted by molar-refractivity contribution is 4.91. The van der Waals surface area contributed by atoms with Crippen molar-refractivity contribution < 1.29 is 0 Å². The Morgan fingerprint density at radius 2 is 1.82 bits per heavy atom. The average Bonchev–Trinajstić information content (AvgIpc) is 2.99. The molecule has 17 heavy (non-hydrogen) atoms. The molecule has 1 N–H and O–H groups in total. The normalized spacial score (nSPS) is 37.2. The van der Waals surface area contributed by atoms with E-state index >= 15 is 0 Å². The summed E-state index contributed by atoms with van der Waals surface area (Å²) in [7, 11) is 0. The van der Waals surface area contributed by atoms with Gasteiger partial charge in [-0.15, -0.1) is 0 Å². The number of piperidine rings is 1. The Labute approximate surface area is 106 Å². The third-order valence-electron chi connectivity index (χ3n) is 5.43. The molecule has 0 bridgehead atoms. The molecule has 3 rings (SSSR count). The van der Waals surface area contributed by atoms with Crippen LogP contribution in [0.2, 0.25) is 0 Å². The standard InChI is InChI=1S/C15H28N2/c1-12(13-5-2-3-6-13)16-14-8-10-17-9-4-7-15(17)11-14/h12-16H,2-11H2,1H3/t12-,14?,15?/m1/s1. The van der Waals surface area contributed by atoms with Crippen molar-refractivity contribution >= 4 is 0 Å². The van der Waals surface area contributed by atoms with Crippen LogP contribution < -0.4 is 5.32 Å². The Morgan fingerprint density at radius 3 is 2.65 bits per heavy atom. The average molecular weight is 236 g/mol. The Balaban J connectivity index is 1.48. The molecule has 2 nitrogen and oxygen atoms in total. The molecule has 2 heteroatoms.